The number of thiophene rings is 1. The Balaban J connectivity index is 1.30. The van der Waals surface area contributed by atoms with E-state index in [1.54, 1.807) is 23.5 Å². The highest BCUT2D eigenvalue weighted by Gasteiger charge is 2.25. The molecule has 0 N–H and O–H groups in total. The normalized spacial score (nSPS) is 17.0. The number of hydrogen-bond donors (Lipinski definition) is 0. The maximum Gasteiger partial charge on any atom is 0.232 e. The monoisotopic (exact) mass is 417 g/mol. The summed E-state index contributed by atoms with van der Waals surface area (Å²) in [5, 5.41) is 8.04. The van der Waals surface area contributed by atoms with Crippen LogP contribution in [0.2, 0.25) is 0 Å². The zero-order valence-electron chi connectivity index (χ0n) is 15.2. The van der Waals surface area contributed by atoms with Gasteiger partial charge in [0.15, 0.2) is 0 Å². The number of piperidine rings is 1. The van der Waals surface area contributed by atoms with Crippen LogP contribution in [-0.2, 0) is 11.2 Å². The lowest BCUT2D eigenvalue weighted by atomic mass is 9.95. The highest BCUT2D eigenvalue weighted by Crippen LogP contribution is 2.25. The summed E-state index contributed by atoms with van der Waals surface area (Å²) in [7, 11) is 0. The maximum atomic E-state index is 13.0. The number of carbonyl (C=O) groups excluding carboxylic acids is 1. The highest BCUT2D eigenvalue weighted by atomic mass is 32.2. The van der Waals surface area contributed by atoms with Crippen LogP contribution in [-0.4, -0.2) is 39.8 Å². The molecule has 8 heteroatoms. The van der Waals surface area contributed by atoms with Crippen molar-refractivity contribution in [2.24, 2.45) is 5.92 Å². The van der Waals surface area contributed by atoms with Crippen LogP contribution in [0, 0.1) is 11.7 Å². The van der Waals surface area contributed by atoms with Gasteiger partial charge in [-0.25, -0.2) is 4.39 Å². The van der Waals surface area contributed by atoms with Crippen molar-refractivity contribution in [3.63, 3.8) is 0 Å². The largest absolute Gasteiger partial charge is 0.342 e. The van der Waals surface area contributed by atoms with Crippen molar-refractivity contribution in [3.05, 3.63) is 52.8 Å². The lowest BCUT2D eigenvalue weighted by Gasteiger charge is -2.32. The van der Waals surface area contributed by atoms with Gasteiger partial charge in [0.05, 0.1) is 5.75 Å². The van der Waals surface area contributed by atoms with Gasteiger partial charge in [0, 0.05) is 35.3 Å². The van der Waals surface area contributed by atoms with Gasteiger partial charge in [-0.3, -0.25) is 4.79 Å². The molecule has 0 spiro atoms. The van der Waals surface area contributed by atoms with Gasteiger partial charge in [0.2, 0.25) is 17.6 Å². The van der Waals surface area contributed by atoms with E-state index in [2.05, 4.69) is 10.1 Å². The standard InChI is InChI=1S/C20H20FN3O2S2/c21-16-3-5-17(6-4-16)28-13-19(25)24-8-1-2-14(11-24)10-18-22-20(23-26-18)15-7-9-27-12-15/h3-7,9,12,14H,1-2,8,10-11,13H2/t14-/m1/s1. The Morgan fingerprint density at radius 2 is 2.18 bits per heavy atom. The topological polar surface area (TPSA) is 59.2 Å². The van der Waals surface area contributed by atoms with Crippen LogP contribution in [0.4, 0.5) is 4.39 Å². The van der Waals surface area contributed by atoms with Crippen LogP contribution >= 0.6 is 23.1 Å². The molecule has 0 aliphatic carbocycles. The van der Waals surface area contributed by atoms with Crippen LogP contribution in [0.1, 0.15) is 18.7 Å². The third-order valence-corrected chi connectivity index (χ3v) is 6.44. The fourth-order valence-corrected chi connectivity index (χ4v) is 4.75. The van der Waals surface area contributed by atoms with E-state index in [-0.39, 0.29) is 11.7 Å². The van der Waals surface area contributed by atoms with Crippen molar-refractivity contribution in [2.75, 3.05) is 18.8 Å². The van der Waals surface area contributed by atoms with Gasteiger partial charge in [0.25, 0.3) is 0 Å². The SMILES string of the molecule is O=C(CSc1ccc(F)cc1)N1CCC[C@H](Cc2nc(-c3ccsc3)no2)C1. The molecule has 0 radical (unpaired) electrons. The summed E-state index contributed by atoms with van der Waals surface area (Å²) in [6.45, 7) is 1.49. The first-order valence-corrected chi connectivity index (χ1v) is 11.1. The summed E-state index contributed by atoms with van der Waals surface area (Å²) in [5.41, 5.74) is 0.971. The number of aromatic nitrogens is 2. The molecule has 1 aliphatic rings. The van der Waals surface area contributed by atoms with E-state index in [4.69, 9.17) is 4.52 Å². The van der Waals surface area contributed by atoms with E-state index in [1.807, 2.05) is 21.7 Å². The molecule has 3 heterocycles. The van der Waals surface area contributed by atoms with E-state index >= 15 is 0 Å². The number of halogens is 1. The van der Waals surface area contributed by atoms with Gasteiger partial charge in [-0.05, 0) is 54.5 Å². The third-order valence-electron chi connectivity index (χ3n) is 4.76. The van der Waals surface area contributed by atoms with Gasteiger partial charge in [0.1, 0.15) is 5.82 Å². The van der Waals surface area contributed by atoms with E-state index in [0.29, 0.717) is 36.4 Å². The first kappa shape index (κ1) is 19.1. The molecule has 1 aliphatic heterocycles. The van der Waals surface area contributed by atoms with Crippen LogP contribution in [0.3, 0.4) is 0 Å². The van der Waals surface area contributed by atoms with E-state index in [9.17, 15) is 9.18 Å². The zero-order valence-corrected chi connectivity index (χ0v) is 16.8. The van der Waals surface area contributed by atoms with Crippen molar-refractivity contribution in [3.8, 4) is 11.4 Å². The van der Waals surface area contributed by atoms with E-state index in [0.717, 1.165) is 29.8 Å². The van der Waals surface area contributed by atoms with Crippen molar-refractivity contribution < 1.29 is 13.7 Å². The molecule has 0 saturated carbocycles. The minimum Gasteiger partial charge on any atom is -0.342 e. The summed E-state index contributed by atoms with van der Waals surface area (Å²) < 4.78 is 18.4. The van der Waals surface area contributed by atoms with E-state index < -0.39 is 0 Å². The lowest BCUT2D eigenvalue weighted by molar-refractivity contribution is -0.130. The molecule has 0 bridgehead atoms. The molecule has 0 unspecified atom stereocenters. The average molecular weight is 418 g/mol. The molecule has 28 heavy (non-hydrogen) atoms. The van der Waals surface area contributed by atoms with Crippen LogP contribution in [0.5, 0.6) is 0 Å². The van der Waals surface area contributed by atoms with Gasteiger partial charge in [-0.15, -0.1) is 11.8 Å². The van der Waals surface area contributed by atoms with Gasteiger partial charge >= 0.3 is 0 Å². The first-order chi connectivity index (χ1) is 13.7. The molecule has 1 amide bonds. The average Bonchev–Trinajstić information content (AvgIpc) is 3.39. The minimum absolute atomic E-state index is 0.114. The van der Waals surface area contributed by atoms with Gasteiger partial charge in [-0.1, -0.05) is 5.16 Å². The Morgan fingerprint density at radius 3 is 2.96 bits per heavy atom. The molecule has 2 aromatic heterocycles. The Hall–Kier alpha value is -2.19. The fourth-order valence-electron chi connectivity index (χ4n) is 3.32. The van der Waals surface area contributed by atoms with Gasteiger partial charge in [-0.2, -0.15) is 16.3 Å². The third kappa shape index (κ3) is 4.80. The quantitative estimate of drug-likeness (QED) is 0.552. The molecule has 4 rings (SSSR count). The molecule has 146 valence electrons. The summed E-state index contributed by atoms with van der Waals surface area (Å²) in [6.07, 6.45) is 2.71. The number of amides is 1. The van der Waals surface area contributed by atoms with Crippen molar-refractivity contribution in [1.82, 2.24) is 15.0 Å². The van der Waals surface area contributed by atoms with Crippen molar-refractivity contribution in [1.29, 1.82) is 0 Å². The smallest absolute Gasteiger partial charge is 0.232 e. The molecule has 1 saturated heterocycles. The number of likely N-dealkylation sites (tertiary alicyclic amines) is 1. The minimum atomic E-state index is -0.266. The highest BCUT2D eigenvalue weighted by molar-refractivity contribution is 8.00. The molecule has 1 fully saturated rings. The zero-order chi connectivity index (χ0) is 19.3. The second kappa shape index (κ2) is 8.87. The van der Waals surface area contributed by atoms with Crippen LogP contribution in [0.15, 0.2) is 50.5 Å². The maximum absolute atomic E-state index is 13.0. The number of thioether (sulfide) groups is 1. The molecule has 1 aromatic carbocycles. The molecule has 3 aromatic rings. The first-order valence-electron chi connectivity index (χ1n) is 9.18. The Labute approximate surface area is 170 Å². The molecular formula is C20H20FN3O2S2. The van der Waals surface area contributed by atoms with Crippen molar-refractivity contribution >= 4 is 29.0 Å². The predicted molar refractivity (Wildman–Crippen MR) is 108 cm³/mol. The molecular weight excluding hydrogens is 397 g/mol. The molecule has 5 nitrogen and oxygen atoms in total. The Kier molecular flexibility index (Phi) is 6.07. The summed E-state index contributed by atoms with van der Waals surface area (Å²) in [4.78, 5) is 19.9. The van der Waals surface area contributed by atoms with Crippen LogP contribution in [0.25, 0.3) is 11.4 Å². The number of carbonyl (C=O) groups is 1. The summed E-state index contributed by atoms with van der Waals surface area (Å²) in [6, 6.07) is 8.20. The fraction of sp³-hybridized carbons (Fsp3) is 0.350. The van der Waals surface area contributed by atoms with Crippen molar-refractivity contribution in [2.45, 2.75) is 24.2 Å². The summed E-state index contributed by atoms with van der Waals surface area (Å²) in [5.74, 6) is 1.78. The summed E-state index contributed by atoms with van der Waals surface area (Å²) >= 11 is 3.04. The Morgan fingerprint density at radius 1 is 1.32 bits per heavy atom. The number of hydrogen-bond acceptors (Lipinski definition) is 6. The second-order valence-electron chi connectivity index (χ2n) is 6.82. The van der Waals surface area contributed by atoms with Gasteiger partial charge < -0.3 is 9.42 Å². The number of nitrogens with zero attached hydrogens (tertiary/aromatic N) is 3. The number of benzene rings is 1. The van der Waals surface area contributed by atoms with Crippen LogP contribution < -0.4 is 0 Å². The second-order valence-corrected chi connectivity index (χ2v) is 8.65. The molecule has 1 atom stereocenters. The number of rotatable bonds is 6. The van der Waals surface area contributed by atoms with E-state index in [1.165, 1.54) is 23.9 Å². The predicted octanol–water partition coefficient (Wildman–Crippen LogP) is 4.51. The lowest BCUT2D eigenvalue weighted by Crippen LogP contribution is -2.41. The Bertz CT molecular complexity index is 912.